The summed E-state index contributed by atoms with van der Waals surface area (Å²) in [6.07, 6.45) is 5.90. The molecule has 0 heterocycles. The Balaban J connectivity index is 1.91. The summed E-state index contributed by atoms with van der Waals surface area (Å²) in [6, 6.07) is 5.49. The van der Waals surface area contributed by atoms with Crippen molar-refractivity contribution < 1.29 is 19.1 Å². The van der Waals surface area contributed by atoms with Gasteiger partial charge in [0.15, 0.2) is 17.4 Å². The third-order valence-electron chi connectivity index (χ3n) is 4.56. The Morgan fingerprint density at radius 2 is 1.19 bits per heavy atom. The van der Waals surface area contributed by atoms with E-state index in [4.69, 9.17) is 79.1 Å². The molecule has 0 saturated heterocycles. The predicted octanol–water partition coefficient (Wildman–Crippen LogP) is 8.09. The predicted molar refractivity (Wildman–Crippen MR) is 124 cm³/mol. The highest BCUT2D eigenvalue weighted by Crippen LogP contribution is 2.39. The van der Waals surface area contributed by atoms with Gasteiger partial charge in [0.2, 0.25) is 0 Å². The Kier molecular flexibility index (Phi) is 8.42. The molecule has 0 radical (unpaired) electrons. The van der Waals surface area contributed by atoms with E-state index in [0.29, 0.717) is 6.42 Å². The first-order valence-electron chi connectivity index (χ1n) is 9.06. The van der Waals surface area contributed by atoms with E-state index in [2.05, 4.69) is 0 Å². The number of benzene rings is 2. The number of carbonyl (C=O) groups is 2. The van der Waals surface area contributed by atoms with Crippen molar-refractivity contribution in [2.24, 2.45) is 11.8 Å². The maximum Gasteiger partial charge on any atom is 0.326 e. The number of allylic oxidation sites excluding steroid dienone is 2. The quantitative estimate of drug-likeness (QED) is 0.166. The molecule has 4 nitrogen and oxygen atoms in total. The summed E-state index contributed by atoms with van der Waals surface area (Å²) in [5.74, 6) is -3.72. The van der Waals surface area contributed by atoms with E-state index in [1.165, 1.54) is 24.3 Å². The SMILES string of the molecule is O=C(Oc1c(Cl)cc(Cl)cc1Cl)C(C(=O)Oc1c(Cl)cc(Cl)cc1Cl)C1C=CCCC1. The normalized spacial score (nSPS) is 15.8. The van der Waals surface area contributed by atoms with Crippen LogP contribution in [0, 0.1) is 11.8 Å². The van der Waals surface area contributed by atoms with Crippen molar-refractivity contribution in [3.05, 3.63) is 66.6 Å². The average molecular weight is 543 g/mol. The average Bonchev–Trinajstić information content (AvgIpc) is 2.68. The number of esters is 2. The molecule has 0 spiro atoms. The van der Waals surface area contributed by atoms with Crippen molar-refractivity contribution in [1.29, 1.82) is 0 Å². The smallest absolute Gasteiger partial charge is 0.326 e. The van der Waals surface area contributed by atoms with Gasteiger partial charge in [0.1, 0.15) is 0 Å². The number of hydrogen-bond acceptors (Lipinski definition) is 4. The van der Waals surface area contributed by atoms with Gasteiger partial charge in [-0.2, -0.15) is 0 Å². The van der Waals surface area contributed by atoms with Gasteiger partial charge < -0.3 is 9.47 Å². The summed E-state index contributed by atoms with van der Waals surface area (Å²) in [5.41, 5.74) is 0. The second kappa shape index (κ2) is 10.7. The zero-order valence-corrected chi connectivity index (χ0v) is 20.2. The molecule has 0 N–H and O–H groups in total. The first kappa shape index (κ1) is 24.5. The molecule has 0 saturated carbocycles. The summed E-state index contributed by atoms with van der Waals surface area (Å²) < 4.78 is 10.8. The number of hydrogen-bond donors (Lipinski definition) is 0. The third-order valence-corrected chi connectivity index (χ3v) is 6.12. The lowest BCUT2D eigenvalue weighted by Crippen LogP contribution is -2.37. The van der Waals surface area contributed by atoms with Crippen LogP contribution in [0.25, 0.3) is 0 Å². The van der Waals surface area contributed by atoms with Gasteiger partial charge in [0, 0.05) is 16.0 Å². The molecule has 2 aromatic rings. The van der Waals surface area contributed by atoms with Crippen LogP contribution in [0.15, 0.2) is 36.4 Å². The van der Waals surface area contributed by atoms with Crippen molar-refractivity contribution in [2.45, 2.75) is 19.3 Å². The molecule has 0 aromatic heterocycles. The summed E-state index contributed by atoms with van der Waals surface area (Å²) in [6.45, 7) is 0. The highest BCUT2D eigenvalue weighted by Gasteiger charge is 2.38. The first-order valence-corrected chi connectivity index (χ1v) is 11.3. The summed E-state index contributed by atoms with van der Waals surface area (Å²) in [4.78, 5) is 26.1. The maximum absolute atomic E-state index is 13.1. The highest BCUT2D eigenvalue weighted by atomic mass is 35.5. The van der Waals surface area contributed by atoms with E-state index in [-0.39, 0.29) is 41.6 Å². The molecule has 2 aromatic carbocycles. The molecule has 3 rings (SSSR count). The third kappa shape index (κ3) is 6.01. The molecule has 0 fully saturated rings. The Bertz CT molecular complexity index is 935. The zero-order chi connectivity index (χ0) is 22.7. The fraction of sp³-hybridized carbons (Fsp3) is 0.238. The van der Waals surface area contributed by atoms with Crippen LogP contribution in [0.2, 0.25) is 30.1 Å². The van der Waals surface area contributed by atoms with Crippen molar-refractivity contribution >= 4 is 81.5 Å². The Hall–Kier alpha value is -1.14. The van der Waals surface area contributed by atoms with E-state index in [1.807, 2.05) is 6.08 Å². The van der Waals surface area contributed by atoms with Crippen LogP contribution in [-0.2, 0) is 9.59 Å². The molecule has 10 heteroatoms. The number of carbonyl (C=O) groups excluding carboxylic acids is 2. The first-order chi connectivity index (χ1) is 14.7. The minimum atomic E-state index is -1.30. The van der Waals surface area contributed by atoms with Crippen molar-refractivity contribution in [3.8, 4) is 11.5 Å². The molecule has 1 unspecified atom stereocenters. The van der Waals surface area contributed by atoms with E-state index in [9.17, 15) is 9.59 Å². The van der Waals surface area contributed by atoms with E-state index >= 15 is 0 Å². The second-order valence-electron chi connectivity index (χ2n) is 6.74. The fourth-order valence-electron chi connectivity index (χ4n) is 3.14. The Labute approximate surface area is 208 Å². The second-order valence-corrected chi connectivity index (χ2v) is 9.24. The van der Waals surface area contributed by atoms with Gasteiger partial charge in [0.25, 0.3) is 0 Å². The zero-order valence-electron chi connectivity index (χ0n) is 15.6. The molecular formula is C21H14Cl6O4. The summed E-state index contributed by atoms with van der Waals surface area (Å²) in [5, 5.41) is 0.657. The van der Waals surface area contributed by atoms with Crippen LogP contribution >= 0.6 is 69.6 Å². The summed E-state index contributed by atoms with van der Waals surface area (Å²) in [7, 11) is 0. The van der Waals surface area contributed by atoms with Crippen molar-refractivity contribution in [2.75, 3.05) is 0 Å². The molecule has 31 heavy (non-hydrogen) atoms. The standard InChI is InChI=1S/C21H14Cl6O4/c22-11-6-13(24)18(14(25)7-11)30-20(28)17(10-4-2-1-3-5-10)21(29)31-19-15(26)8-12(23)9-16(19)27/h2,4,6-10,17H,1,3,5H2. The minimum Gasteiger partial charge on any atom is -0.423 e. The lowest BCUT2D eigenvalue weighted by molar-refractivity contribution is -0.153. The van der Waals surface area contributed by atoms with Gasteiger partial charge in [-0.3, -0.25) is 9.59 Å². The molecule has 164 valence electrons. The van der Waals surface area contributed by atoms with E-state index in [1.54, 1.807) is 6.08 Å². The van der Waals surface area contributed by atoms with Crippen LogP contribution < -0.4 is 9.47 Å². The fourth-order valence-corrected chi connectivity index (χ4v) is 4.93. The molecule has 0 aliphatic heterocycles. The maximum atomic E-state index is 13.1. The minimum absolute atomic E-state index is 0.0287. The van der Waals surface area contributed by atoms with E-state index < -0.39 is 23.8 Å². The van der Waals surface area contributed by atoms with Gasteiger partial charge in [-0.05, 0) is 43.5 Å². The Morgan fingerprint density at radius 1 is 0.774 bits per heavy atom. The van der Waals surface area contributed by atoms with Gasteiger partial charge >= 0.3 is 11.9 Å². The van der Waals surface area contributed by atoms with Gasteiger partial charge in [-0.15, -0.1) is 0 Å². The largest absolute Gasteiger partial charge is 0.423 e. The number of rotatable bonds is 5. The van der Waals surface area contributed by atoms with Gasteiger partial charge in [-0.1, -0.05) is 81.8 Å². The van der Waals surface area contributed by atoms with Crippen LogP contribution in [0.1, 0.15) is 19.3 Å². The molecule has 0 amide bonds. The molecule has 1 atom stereocenters. The number of halogens is 6. The molecule has 1 aliphatic carbocycles. The topological polar surface area (TPSA) is 52.6 Å². The van der Waals surface area contributed by atoms with Crippen LogP contribution in [0.5, 0.6) is 11.5 Å². The highest BCUT2D eigenvalue weighted by molar-refractivity contribution is 6.41. The Morgan fingerprint density at radius 3 is 1.55 bits per heavy atom. The summed E-state index contributed by atoms with van der Waals surface area (Å²) >= 11 is 36.2. The van der Waals surface area contributed by atoms with Crippen LogP contribution in [0.3, 0.4) is 0 Å². The van der Waals surface area contributed by atoms with Gasteiger partial charge in [0.05, 0.1) is 20.1 Å². The van der Waals surface area contributed by atoms with E-state index in [0.717, 1.165) is 12.8 Å². The van der Waals surface area contributed by atoms with Gasteiger partial charge in [-0.25, -0.2) is 0 Å². The van der Waals surface area contributed by atoms with Crippen molar-refractivity contribution in [1.82, 2.24) is 0 Å². The van der Waals surface area contributed by atoms with Crippen LogP contribution in [0.4, 0.5) is 0 Å². The lowest BCUT2D eigenvalue weighted by Gasteiger charge is -2.24. The molecule has 1 aliphatic rings. The molecular weight excluding hydrogens is 529 g/mol. The number of ether oxygens (including phenoxy) is 2. The van der Waals surface area contributed by atoms with Crippen molar-refractivity contribution in [3.63, 3.8) is 0 Å². The monoisotopic (exact) mass is 540 g/mol. The molecule has 0 bridgehead atoms. The lowest BCUT2D eigenvalue weighted by atomic mass is 9.84. The van der Waals surface area contributed by atoms with Crippen LogP contribution in [-0.4, -0.2) is 11.9 Å².